The van der Waals surface area contributed by atoms with E-state index in [0.717, 1.165) is 5.56 Å². The lowest BCUT2D eigenvalue weighted by molar-refractivity contribution is -0.161. The molecule has 164 valence electrons. The minimum absolute atomic E-state index is 0.134. The van der Waals surface area contributed by atoms with Crippen LogP contribution in [0.2, 0.25) is 0 Å². The average molecular weight is 420 g/mol. The van der Waals surface area contributed by atoms with Crippen LogP contribution in [0.15, 0.2) is 35.5 Å². The number of nitrogens with one attached hydrogen (secondary N) is 1. The Bertz CT molecular complexity index is 766. The molecule has 1 amide bonds. The maximum Gasteiger partial charge on any atom is 0.351 e. The van der Waals surface area contributed by atoms with Gasteiger partial charge in [-0.3, -0.25) is 9.59 Å². The Morgan fingerprint density at radius 2 is 1.70 bits per heavy atom. The lowest BCUT2D eigenvalue weighted by atomic mass is 9.88. The molecular weight excluding hydrogens is 392 g/mol. The first-order chi connectivity index (χ1) is 14.3. The van der Waals surface area contributed by atoms with Gasteiger partial charge in [0.25, 0.3) is 0 Å². The van der Waals surface area contributed by atoms with E-state index in [9.17, 15) is 14.4 Å². The first-order valence-electron chi connectivity index (χ1n) is 9.65. The molecule has 5 atom stereocenters. The van der Waals surface area contributed by atoms with Crippen LogP contribution in [0.25, 0.3) is 0 Å². The third-order valence-corrected chi connectivity index (χ3v) is 4.89. The van der Waals surface area contributed by atoms with Gasteiger partial charge in [0, 0.05) is 0 Å². The van der Waals surface area contributed by atoms with Gasteiger partial charge in [0.15, 0.2) is 5.92 Å². The summed E-state index contributed by atoms with van der Waals surface area (Å²) in [7, 11) is 2.42. The third kappa shape index (κ3) is 5.15. The number of hydrogen-bond donors (Lipinski definition) is 1. The summed E-state index contributed by atoms with van der Waals surface area (Å²) in [5, 5.41) is 6.73. The summed E-state index contributed by atoms with van der Waals surface area (Å²) in [4.78, 5) is 40.8. The lowest BCUT2D eigenvalue weighted by Crippen LogP contribution is -2.45. The van der Waals surface area contributed by atoms with Gasteiger partial charge in [-0.2, -0.15) is 0 Å². The van der Waals surface area contributed by atoms with Crippen LogP contribution in [0.5, 0.6) is 0 Å². The SMILES string of the molecule is COC(=O)C1ON=C([C@H](O[C@H](c2ccccc2)[C@H](C)NC=O)C(C)C)C1C(=O)OC. The number of rotatable bonds is 10. The number of carbonyl (C=O) groups is 3. The second-order valence-electron chi connectivity index (χ2n) is 7.27. The van der Waals surface area contributed by atoms with Crippen LogP contribution in [0.3, 0.4) is 0 Å². The predicted octanol–water partition coefficient (Wildman–Crippen LogP) is 1.62. The minimum atomic E-state index is -1.25. The van der Waals surface area contributed by atoms with E-state index in [4.69, 9.17) is 19.0 Å². The summed E-state index contributed by atoms with van der Waals surface area (Å²) in [5.41, 5.74) is 1.08. The molecule has 2 unspecified atom stereocenters. The molecule has 0 spiro atoms. The molecule has 9 heteroatoms. The van der Waals surface area contributed by atoms with E-state index in [0.29, 0.717) is 6.41 Å². The molecule has 1 heterocycles. The largest absolute Gasteiger partial charge is 0.468 e. The molecule has 0 radical (unpaired) electrons. The van der Waals surface area contributed by atoms with Crippen molar-refractivity contribution >= 4 is 24.1 Å². The summed E-state index contributed by atoms with van der Waals surface area (Å²) in [5.74, 6) is -2.64. The Kier molecular flexibility index (Phi) is 8.35. The summed E-state index contributed by atoms with van der Waals surface area (Å²) >= 11 is 0. The Morgan fingerprint density at radius 3 is 2.23 bits per heavy atom. The molecule has 1 aliphatic heterocycles. The Morgan fingerprint density at radius 1 is 1.07 bits per heavy atom. The molecule has 0 aliphatic carbocycles. The maximum absolute atomic E-state index is 12.5. The van der Waals surface area contributed by atoms with Crippen molar-refractivity contribution < 1.29 is 33.4 Å². The van der Waals surface area contributed by atoms with E-state index >= 15 is 0 Å². The standard InChI is InChI=1S/C21H28N2O7/c1-12(2)17(16-15(20(25)27-4)19(30-23-16)21(26)28-5)29-18(13(3)22-11-24)14-9-7-6-8-10-14/h6-13,15,17-19H,1-5H3,(H,22,24)/t13-,15?,17+,18-,19?/m0/s1. The molecular formula is C21H28N2O7. The highest BCUT2D eigenvalue weighted by Gasteiger charge is 2.50. The van der Waals surface area contributed by atoms with E-state index in [2.05, 4.69) is 10.5 Å². The van der Waals surface area contributed by atoms with Crippen LogP contribution in [-0.4, -0.2) is 56.5 Å². The van der Waals surface area contributed by atoms with E-state index < -0.39 is 36.2 Å². The molecule has 0 saturated heterocycles. The van der Waals surface area contributed by atoms with Crippen molar-refractivity contribution in [3.63, 3.8) is 0 Å². The third-order valence-electron chi connectivity index (χ3n) is 4.89. The number of benzene rings is 1. The summed E-state index contributed by atoms with van der Waals surface area (Å²) in [6.07, 6.45) is -1.87. The molecule has 0 bridgehead atoms. The van der Waals surface area contributed by atoms with E-state index in [-0.39, 0.29) is 17.7 Å². The summed E-state index contributed by atoms with van der Waals surface area (Å²) in [6.45, 7) is 5.60. The number of hydrogen-bond acceptors (Lipinski definition) is 8. The van der Waals surface area contributed by atoms with Gasteiger partial charge in [0.05, 0.1) is 20.3 Å². The maximum atomic E-state index is 12.5. The van der Waals surface area contributed by atoms with Crippen LogP contribution in [0.4, 0.5) is 0 Å². The van der Waals surface area contributed by atoms with E-state index in [1.165, 1.54) is 14.2 Å². The number of methoxy groups -OCH3 is 2. The van der Waals surface area contributed by atoms with Crippen molar-refractivity contribution in [1.29, 1.82) is 0 Å². The summed E-state index contributed by atoms with van der Waals surface area (Å²) in [6, 6.07) is 9.00. The van der Waals surface area contributed by atoms with Crippen molar-refractivity contribution in [2.24, 2.45) is 17.0 Å². The first-order valence-corrected chi connectivity index (χ1v) is 9.65. The Balaban J connectivity index is 2.39. The minimum Gasteiger partial charge on any atom is -0.468 e. The quantitative estimate of drug-likeness (QED) is 0.452. The fourth-order valence-electron chi connectivity index (χ4n) is 3.33. The van der Waals surface area contributed by atoms with Crippen LogP contribution in [-0.2, 0) is 33.4 Å². The monoisotopic (exact) mass is 420 g/mol. The highest BCUT2D eigenvalue weighted by molar-refractivity contribution is 6.09. The van der Waals surface area contributed by atoms with Gasteiger partial charge in [0.2, 0.25) is 12.5 Å². The van der Waals surface area contributed by atoms with Gasteiger partial charge >= 0.3 is 11.9 Å². The fraction of sp³-hybridized carbons (Fsp3) is 0.524. The molecule has 0 saturated carbocycles. The number of esters is 2. The fourth-order valence-corrected chi connectivity index (χ4v) is 3.33. The van der Waals surface area contributed by atoms with Crippen molar-refractivity contribution in [1.82, 2.24) is 5.32 Å². The molecule has 0 aromatic heterocycles. The normalized spacial score (nSPS) is 21.1. The van der Waals surface area contributed by atoms with E-state index in [1.54, 1.807) is 0 Å². The van der Waals surface area contributed by atoms with Crippen molar-refractivity contribution in [2.45, 2.75) is 45.1 Å². The van der Waals surface area contributed by atoms with Crippen molar-refractivity contribution in [2.75, 3.05) is 14.2 Å². The molecule has 2 rings (SSSR count). The smallest absolute Gasteiger partial charge is 0.351 e. The molecule has 30 heavy (non-hydrogen) atoms. The van der Waals surface area contributed by atoms with Crippen molar-refractivity contribution in [3.8, 4) is 0 Å². The summed E-state index contributed by atoms with van der Waals surface area (Å²) < 4.78 is 16.0. The van der Waals surface area contributed by atoms with Gasteiger partial charge in [-0.25, -0.2) is 4.79 Å². The molecule has 1 aromatic rings. The highest BCUT2D eigenvalue weighted by Crippen LogP contribution is 2.31. The lowest BCUT2D eigenvalue weighted by Gasteiger charge is -2.32. The van der Waals surface area contributed by atoms with Gasteiger partial charge in [-0.1, -0.05) is 49.3 Å². The van der Waals surface area contributed by atoms with Crippen LogP contribution in [0.1, 0.15) is 32.4 Å². The van der Waals surface area contributed by atoms with E-state index in [1.807, 2.05) is 51.1 Å². The highest BCUT2D eigenvalue weighted by atomic mass is 16.7. The molecule has 9 nitrogen and oxygen atoms in total. The molecule has 1 aromatic carbocycles. The Labute approximate surface area is 175 Å². The van der Waals surface area contributed by atoms with Crippen molar-refractivity contribution in [3.05, 3.63) is 35.9 Å². The predicted molar refractivity (Wildman–Crippen MR) is 107 cm³/mol. The zero-order valence-electron chi connectivity index (χ0n) is 17.7. The zero-order valence-corrected chi connectivity index (χ0v) is 17.7. The van der Waals surface area contributed by atoms with Gasteiger partial charge in [-0.15, -0.1) is 0 Å². The molecule has 0 fully saturated rings. The van der Waals surface area contributed by atoms with Gasteiger partial charge < -0.3 is 24.4 Å². The number of ether oxygens (including phenoxy) is 3. The number of carbonyl (C=O) groups excluding carboxylic acids is 3. The number of amides is 1. The number of oxime groups is 1. The van der Waals surface area contributed by atoms with Gasteiger partial charge in [-0.05, 0) is 18.4 Å². The zero-order chi connectivity index (χ0) is 22.3. The Hall–Kier alpha value is -2.94. The molecule has 1 aliphatic rings. The van der Waals surface area contributed by atoms with Gasteiger partial charge in [0.1, 0.15) is 17.9 Å². The average Bonchev–Trinajstić information content (AvgIpc) is 3.18. The topological polar surface area (TPSA) is 113 Å². The first kappa shape index (κ1) is 23.3. The number of nitrogens with zero attached hydrogens (tertiary/aromatic N) is 1. The van der Waals surface area contributed by atoms with Crippen LogP contribution in [0, 0.1) is 11.8 Å². The van der Waals surface area contributed by atoms with Crippen LogP contribution < -0.4 is 5.32 Å². The molecule has 1 N–H and O–H groups in total. The second-order valence-corrected chi connectivity index (χ2v) is 7.27. The van der Waals surface area contributed by atoms with Crippen LogP contribution >= 0.6 is 0 Å². The second kappa shape index (κ2) is 10.7.